The molecule has 1 atom stereocenters. The largest absolute Gasteiger partial charge is 0.469 e. The number of ether oxygens (including phenoxy) is 2. The molecule has 128 valence electrons. The molecule has 0 spiro atoms. The van der Waals surface area contributed by atoms with Crippen molar-refractivity contribution in [2.75, 3.05) is 26.8 Å². The van der Waals surface area contributed by atoms with E-state index in [-0.39, 0.29) is 12.1 Å². The van der Waals surface area contributed by atoms with Gasteiger partial charge in [-0.05, 0) is 0 Å². The van der Waals surface area contributed by atoms with E-state index in [1.807, 2.05) is 29.9 Å². The number of esters is 1. The Morgan fingerprint density at radius 2 is 2.17 bits per heavy atom. The Kier molecular flexibility index (Phi) is 5.27. The highest BCUT2D eigenvalue weighted by atomic mass is 16.5. The van der Waals surface area contributed by atoms with Crippen LogP contribution in [0.4, 0.5) is 0 Å². The smallest absolute Gasteiger partial charge is 0.308 e. The third-order valence-corrected chi connectivity index (χ3v) is 4.19. The molecule has 0 saturated carbocycles. The van der Waals surface area contributed by atoms with Crippen molar-refractivity contribution in [3.8, 4) is 11.3 Å². The third kappa shape index (κ3) is 4.01. The second-order valence-corrected chi connectivity index (χ2v) is 6.05. The average molecular weight is 329 g/mol. The quantitative estimate of drug-likeness (QED) is 0.784. The summed E-state index contributed by atoms with van der Waals surface area (Å²) in [5, 5.41) is 4.61. The predicted octanol–water partition coefficient (Wildman–Crippen LogP) is 1.85. The van der Waals surface area contributed by atoms with Crippen LogP contribution in [0.3, 0.4) is 0 Å². The van der Waals surface area contributed by atoms with Gasteiger partial charge in [0.15, 0.2) is 0 Å². The minimum absolute atomic E-state index is 0.108. The van der Waals surface area contributed by atoms with Crippen molar-refractivity contribution in [1.82, 2.24) is 14.7 Å². The molecule has 1 aromatic heterocycles. The summed E-state index contributed by atoms with van der Waals surface area (Å²) in [7, 11) is 3.35. The molecule has 1 aromatic carbocycles. The van der Waals surface area contributed by atoms with Crippen LogP contribution >= 0.6 is 0 Å². The Hall–Kier alpha value is -2.18. The summed E-state index contributed by atoms with van der Waals surface area (Å²) in [6, 6.07) is 10.2. The Labute approximate surface area is 142 Å². The highest BCUT2D eigenvalue weighted by Crippen LogP contribution is 2.23. The summed E-state index contributed by atoms with van der Waals surface area (Å²) in [6.45, 7) is 2.99. The summed E-state index contributed by atoms with van der Waals surface area (Å²) in [4.78, 5) is 13.8. The predicted molar refractivity (Wildman–Crippen MR) is 90.3 cm³/mol. The number of methoxy groups -OCH3 is 1. The van der Waals surface area contributed by atoms with Gasteiger partial charge in [-0.3, -0.25) is 14.4 Å². The van der Waals surface area contributed by atoms with Crippen molar-refractivity contribution in [2.45, 2.75) is 19.1 Å². The molecule has 3 rings (SSSR count). The number of carbonyl (C=O) groups is 1. The van der Waals surface area contributed by atoms with E-state index in [1.54, 1.807) is 0 Å². The van der Waals surface area contributed by atoms with E-state index in [9.17, 15) is 4.79 Å². The number of benzene rings is 1. The molecular weight excluding hydrogens is 306 g/mol. The van der Waals surface area contributed by atoms with Gasteiger partial charge in [0.2, 0.25) is 0 Å². The van der Waals surface area contributed by atoms with Gasteiger partial charge in [0.05, 0.1) is 31.9 Å². The molecule has 2 heterocycles. The highest BCUT2D eigenvalue weighted by Gasteiger charge is 2.24. The number of rotatable bonds is 5. The first kappa shape index (κ1) is 16.7. The molecule has 1 aliphatic rings. The molecule has 0 radical (unpaired) electrons. The van der Waals surface area contributed by atoms with E-state index in [0.717, 1.165) is 30.9 Å². The van der Waals surface area contributed by atoms with Crippen molar-refractivity contribution in [1.29, 1.82) is 0 Å². The Morgan fingerprint density at radius 3 is 2.92 bits per heavy atom. The minimum atomic E-state index is -0.229. The van der Waals surface area contributed by atoms with Gasteiger partial charge in [-0.25, -0.2) is 0 Å². The summed E-state index contributed by atoms with van der Waals surface area (Å²) in [6.07, 6.45) is 2.25. The van der Waals surface area contributed by atoms with Gasteiger partial charge in [0.25, 0.3) is 0 Å². The van der Waals surface area contributed by atoms with Gasteiger partial charge >= 0.3 is 5.97 Å². The summed E-state index contributed by atoms with van der Waals surface area (Å²) < 4.78 is 12.3. The number of hydrogen-bond donors (Lipinski definition) is 0. The maximum atomic E-state index is 11.5. The van der Waals surface area contributed by atoms with Crippen LogP contribution < -0.4 is 0 Å². The second-order valence-electron chi connectivity index (χ2n) is 6.05. The first-order valence-electron chi connectivity index (χ1n) is 8.14. The molecule has 2 aromatic rings. The Bertz CT molecular complexity index is 684. The lowest BCUT2D eigenvalue weighted by Crippen LogP contribution is -2.42. The second kappa shape index (κ2) is 7.59. The first-order valence-corrected chi connectivity index (χ1v) is 8.14. The molecule has 0 unspecified atom stereocenters. The Morgan fingerprint density at radius 1 is 1.38 bits per heavy atom. The van der Waals surface area contributed by atoms with E-state index in [0.29, 0.717) is 13.0 Å². The Balaban J connectivity index is 1.71. The van der Waals surface area contributed by atoms with Crippen molar-refractivity contribution >= 4 is 5.97 Å². The maximum Gasteiger partial charge on any atom is 0.308 e. The van der Waals surface area contributed by atoms with Gasteiger partial charge in [-0.2, -0.15) is 5.10 Å². The SMILES string of the molecule is COC(=O)C[C@H]1CN(Cc2cn(C)nc2-c2ccccc2)CCO1. The van der Waals surface area contributed by atoms with E-state index in [1.165, 1.54) is 12.7 Å². The molecule has 24 heavy (non-hydrogen) atoms. The number of carbonyl (C=O) groups excluding carboxylic acids is 1. The van der Waals surface area contributed by atoms with Crippen molar-refractivity contribution < 1.29 is 14.3 Å². The standard InChI is InChI=1S/C18H23N3O3/c1-20-11-15(18(19-20)14-6-4-3-5-7-14)12-21-8-9-24-16(13-21)10-17(22)23-2/h3-7,11,16H,8-10,12-13H2,1-2H3/t16-/m0/s1. The molecule has 1 saturated heterocycles. The van der Waals surface area contributed by atoms with Crippen molar-refractivity contribution in [3.63, 3.8) is 0 Å². The number of nitrogens with zero attached hydrogens (tertiary/aromatic N) is 3. The maximum absolute atomic E-state index is 11.5. The minimum Gasteiger partial charge on any atom is -0.469 e. The number of aromatic nitrogens is 2. The number of aryl methyl sites for hydroxylation is 1. The first-order chi connectivity index (χ1) is 11.7. The van der Waals surface area contributed by atoms with Crippen molar-refractivity contribution in [3.05, 3.63) is 42.1 Å². The number of hydrogen-bond acceptors (Lipinski definition) is 5. The lowest BCUT2D eigenvalue weighted by atomic mass is 10.1. The molecule has 0 N–H and O–H groups in total. The van der Waals surface area contributed by atoms with Crippen molar-refractivity contribution in [2.24, 2.45) is 7.05 Å². The molecule has 6 heteroatoms. The van der Waals surface area contributed by atoms with Crippen LogP contribution in [0, 0.1) is 0 Å². The lowest BCUT2D eigenvalue weighted by Gasteiger charge is -2.32. The van der Waals surface area contributed by atoms with Gasteiger partial charge < -0.3 is 9.47 Å². The van der Waals surface area contributed by atoms with Crippen LogP contribution in [0.5, 0.6) is 0 Å². The van der Waals surface area contributed by atoms with Crippen LogP contribution in [0.25, 0.3) is 11.3 Å². The van der Waals surface area contributed by atoms with Gasteiger partial charge in [-0.15, -0.1) is 0 Å². The zero-order chi connectivity index (χ0) is 16.9. The monoisotopic (exact) mass is 329 g/mol. The van der Waals surface area contributed by atoms with Crippen LogP contribution in [-0.2, 0) is 27.9 Å². The molecule has 0 aliphatic carbocycles. The molecule has 1 aliphatic heterocycles. The van der Waals surface area contributed by atoms with E-state index in [2.05, 4.69) is 28.3 Å². The highest BCUT2D eigenvalue weighted by molar-refractivity contribution is 5.69. The van der Waals surface area contributed by atoms with E-state index >= 15 is 0 Å². The van der Waals surface area contributed by atoms with Crippen LogP contribution in [-0.4, -0.2) is 53.6 Å². The van der Waals surface area contributed by atoms with Gasteiger partial charge in [-0.1, -0.05) is 30.3 Å². The van der Waals surface area contributed by atoms with Gasteiger partial charge in [0.1, 0.15) is 0 Å². The zero-order valence-corrected chi connectivity index (χ0v) is 14.1. The normalized spacial score (nSPS) is 18.5. The molecule has 6 nitrogen and oxygen atoms in total. The summed E-state index contributed by atoms with van der Waals surface area (Å²) in [5.41, 5.74) is 3.31. The van der Waals surface area contributed by atoms with Gasteiger partial charge in [0, 0.05) is 44.0 Å². The molecule has 0 bridgehead atoms. The average Bonchev–Trinajstić information content (AvgIpc) is 2.96. The van der Waals surface area contributed by atoms with E-state index < -0.39 is 0 Å². The lowest BCUT2D eigenvalue weighted by molar-refractivity contribution is -0.145. The van der Waals surface area contributed by atoms with Crippen LogP contribution in [0.1, 0.15) is 12.0 Å². The molecule has 0 amide bonds. The number of morpholine rings is 1. The van der Waals surface area contributed by atoms with Crippen LogP contribution in [0.15, 0.2) is 36.5 Å². The van der Waals surface area contributed by atoms with Crippen LogP contribution in [0.2, 0.25) is 0 Å². The fourth-order valence-electron chi connectivity index (χ4n) is 3.05. The molecular formula is C18H23N3O3. The fraction of sp³-hybridized carbons (Fsp3) is 0.444. The zero-order valence-electron chi connectivity index (χ0n) is 14.1. The summed E-state index contributed by atoms with van der Waals surface area (Å²) in [5.74, 6) is -0.229. The fourth-order valence-corrected chi connectivity index (χ4v) is 3.05. The third-order valence-electron chi connectivity index (χ3n) is 4.19. The topological polar surface area (TPSA) is 56.6 Å². The van der Waals surface area contributed by atoms with E-state index in [4.69, 9.17) is 9.47 Å². The summed E-state index contributed by atoms with van der Waals surface area (Å²) >= 11 is 0. The molecule has 1 fully saturated rings.